The maximum Gasteiger partial charge on any atom is 0.159 e. The molecule has 20 heavy (non-hydrogen) atoms. The molecule has 5 heteroatoms. The van der Waals surface area contributed by atoms with Crippen molar-refractivity contribution >= 4 is 46.0 Å². The van der Waals surface area contributed by atoms with Crippen LogP contribution in [0.5, 0.6) is 0 Å². The summed E-state index contributed by atoms with van der Waals surface area (Å²) in [4.78, 5) is 5.56. The highest BCUT2D eigenvalue weighted by molar-refractivity contribution is 8.14. The number of para-hydroxylation sites is 1. The van der Waals surface area contributed by atoms with Crippen LogP contribution in [0, 0.1) is 0 Å². The van der Waals surface area contributed by atoms with Gasteiger partial charge < -0.3 is 5.73 Å². The van der Waals surface area contributed by atoms with Crippen LogP contribution in [-0.4, -0.2) is 16.7 Å². The number of nitrogens with zero attached hydrogens (tertiary/aromatic N) is 1. The quantitative estimate of drug-likeness (QED) is 0.371. The lowest BCUT2D eigenvalue weighted by molar-refractivity contribution is 1.44. The molecule has 0 unspecified atom stereocenters. The number of hydrogen-bond donors (Lipinski definition) is 1. The Bertz CT molecular complexity index is 556. The molecule has 0 saturated carbocycles. The van der Waals surface area contributed by atoms with Crippen molar-refractivity contribution in [3.63, 3.8) is 0 Å². The minimum absolute atomic E-state index is 0.605. The van der Waals surface area contributed by atoms with E-state index in [4.69, 9.17) is 17.3 Å². The van der Waals surface area contributed by atoms with Gasteiger partial charge in [0.1, 0.15) is 0 Å². The van der Waals surface area contributed by atoms with Crippen LogP contribution in [0.25, 0.3) is 0 Å². The summed E-state index contributed by atoms with van der Waals surface area (Å²) in [5.74, 6) is 1.91. The maximum absolute atomic E-state index is 5.89. The first-order valence-corrected chi connectivity index (χ1v) is 8.49. The molecule has 2 aromatic carbocycles. The van der Waals surface area contributed by atoms with Crippen LogP contribution in [0.1, 0.15) is 0 Å². The van der Waals surface area contributed by atoms with Crippen LogP contribution in [0.3, 0.4) is 0 Å². The van der Waals surface area contributed by atoms with Gasteiger partial charge in [-0.3, -0.25) is 0 Å². The molecule has 0 amide bonds. The second kappa shape index (κ2) is 8.25. The number of amidine groups is 1. The van der Waals surface area contributed by atoms with Gasteiger partial charge in [0.25, 0.3) is 0 Å². The molecule has 104 valence electrons. The zero-order valence-electron chi connectivity index (χ0n) is 10.8. The lowest BCUT2D eigenvalue weighted by Crippen LogP contribution is -2.07. The van der Waals surface area contributed by atoms with Crippen molar-refractivity contribution in [3.8, 4) is 0 Å². The Hall–Kier alpha value is -1.10. The third-order valence-corrected chi connectivity index (χ3v) is 4.73. The first-order valence-electron chi connectivity index (χ1n) is 6.14. The fourth-order valence-corrected chi connectivity index (χ4v) is 3.23. The number of thioether (sulfide) groups is 2. The van der Waals surface area contributed by atoms with Gasteiger partial charge in [-0.05, 0) is 36.4 Å². The van der Waals surface area contributed by atoms with E-state index in [9.17, 15) is 0 Å². The second-order valence-electron chi connectivity index (χ2n) is 3.94. The van der Waals surface area contributed by atoms with Gasteiger partial charge in [0.2, 0.25) is 0 Å². The Morgan fingerprint density at radius 3 is 2.40 bits per heavy atom. The molecule has 0 aliphatic carbocycles. The topological polar surface area (TPSA) is 38.4 Å². The van der Waals surface area contributed by atoms with E-state index in [1.807, 2.05) is 54.6 Å². The van der Waals surface area contributed by atoms with Crippen molar-refractivity contribution in [1.29, 1.82) is 0 Å². The Morgan fingerprint density at radius 2 is 1.70 bits per heavy atom. The minimum Gasteiger partial charge on any atom is -0.378 e. The van der Waals surface area contributed by atoms with Crippen LogP contribution >= 0.6 is 35.1 Å². The summed E-state index contributed by atoms with van der Waals surface area (Å²) < 4.78 is 0. The highest BCUT2D eigenvalue weighted by atomic mass is 35.5. The van der Waals surface area contributed by atoms with Gasteiger partial charge in [0.05, 0.1) is 5.69 Å². The van der Waals surface area contributed by atoms with Crippen LogP contribution in [0.4, 0.5) is 5.69 Å². The summed E-state index contributed by atoms with van der Waals surface area (Å²) in [5.41, 5.74) is 6.78. The molecule has 0 aliphatic heterocycles. The van der Waals surface area contributed by atoms with Crippen molar-refractivity contribution in [1.82, 2.24) is 0 Å². The third kappa shape index (κ3) is 5.49. The van der Waals surface area contributed by atoms with E-state index in [2.05, 4.69) is 4.99 Å². The normalized spacial score (nSPS) is 11.6. The molecule has 2 rings (SSSR count). The van der Waals surface area contributed by atoms with Crippen molar-refractivity contribution in [2.75, 3.05) is 11.5 Å². The Labute approximate surface area is 132 Å². The predicted octanol–water partition coefficient (Wildman–Crippen LogP) is 4.81. The Morgan fingerprint density at radius 1 is 1.00 bits per heavy atom. The molecule has 0 atom stereocenters. The zero-order chi connectivity index (χ0) is 14.2. The van der Waals surface area contributed by atoms with Crippen LogP contribution in [-0.2, 0) is 0 Å². The van der Waals surface area contributed by atoms with Crippen LogP contribution in [0.15, 0.2) is 64.5 Å². The Kier molecular flexibility index (Phi) is 6.30. The Balaban J connectivity index is 1.73. The van der Waals surface area contributed by atoms with Gasteiger partial charge in [-0.1, -0.05) is 41.6 Å². The molecular formula is C15H15ClN2S2. The molecule has 0 saturated heterocycles. The highest BCUT2D eigenvalue weighted by Crippen LogP contribution is 2.21. The van der Waals surface area contributed by atoms with Gasteiger partial charge in [-0.25, -0.2) is 4.99 Å². The van der Waals surface area contributed by atoms with Crippen molar-refractivity contribution in [3.05, 3.63) is 59.6 Å². The van der Waals surface area contributed by atoms with Gasteiger partial charge in [-0.2, -0.15) is 0 Å². The molecule has 2 aromatic rings. The number of hydrogen-bond acceptors (Lipinski definition) is 3. The van der Waals surface area contributed by atoms with Crippen LogP contribution < -0.4 is 5.73 Å². The van der Waals surface area contributed by atoms with Gasteiger partial charge in [-0.15, -0.1) is 11.8 Å². The third-order valence-electron chi connectivity index (χ3n) is 2.41. The van der Waals surface area contributed by atoms with Crippen LogP contribution in [0.2, 0.25) is 5.02 Å². The first-order chi connectivity index (χ1) is 9.74. The minimum atomic E-state index is 0.605. The summed E-state index contributed by atoms with van der Waals surface area (Å²) in [6, 6.07) is 17.6. The SMILES string of the molecule is NC(=Nc1ccccc1)SCCSc1ccc(Cl)cc1. The van der Waals surface area contributed by atoms with E-state index in [0.29, 0.717) is 5.17 Å². The summed E-state index contributed by atoms with van der Waals surface area (Å²) in [5, 5.41) is 1.37. The molecule has 0 aliphatic rings. The van der Waals surface area contributed by atoms with E-state index in [0.717, 1.165) is 22.2 Å². The smallest absolute Gasteiger partial charge is 0.159 e. The zero-order valence-corrected chi connectivity index (χ0v) is 13.2. The molecule has 0 spiro atoms. The fraction of sp³-hybridized carbons (Fsp3) is 0.133. The highest BCUT2D eigenvalue weighted by Gasteiger charge is 1.98. The number of halogens is 1. The van der Waals surface area contributed by atoms with Crippen molar-refractivity contribution < 1.29 is 0 Å². The summed E-state index contributed by atoms with van der Waals surface area (Å²) in [7, 11) is 0. The van der Waals surface area contributed by atoms with E-state index in [1.54, 1.807) is 23.5 Å². The van der Waals surface area contributed by atoms with Crippen molar-refractivity contribution in [2.24, 2.45) is 10.7 Å². The molecule has 2 nitrogen and oxygen atoms in total. The second-order valence-corrected chi connectivity index (χ2v) is 6.66. The summed E-state index contributed by atoms with van der Waals surface area (Å²) in [6.07, 6.45) is 0. The molecule has 0 bridgehead atoms. The average Bonchev–Trinajstić information content (AvgIpc) is 2.46. The predicted molar refractivity (Wildman–Crippen MR) is 92.4 cm³/mol. The number of aliphatic imine (C=N–C) groups is 1. The molecule has 0 fully saturated rings. The number of benzene rings is 2. The van der Waals surface area contributed by atoms with Gasteiger partial charge >= 0.3 is 0 Å². The molecule has 2 N–H and O–H groups in total. The van der Waals surface area contributed by atoms with Crippen molar-refractivity contribution in [2.45, 2.75) is 4.90 Å². The number of nitrogens with two attached hydrogens (primary N) is 1. The van der Waals surface area contributed by atoms with Gasteiger partial charge in [0.15, 0.2) is 5.17 Å². The fourth-order valence-electron chi connectivity index (χ4n) is 1.50. The van der Waals surface area contributed by atoms with E-state index < -0.39 is 0 Å². The maximum atomic E-state index is 5.89. The summed E-state index contributed by atoms with van der Waals surface area (Å²) >= 11 is 9.21. The molecular weight excluding hydrogens is 308 g/mol. The molecule has 0 aromatic heterocycles. The lowest BCUT2D eigenvalue weighted by Gasteiger charge is -2.02. The monoisotopic (exact) mass is 322 g/mol. The summed E-state index contributed by atoms with van der Waals surface area (Å²) in [6.45, 7) is 0. The lowest BCUT2D eigenvalue weighted by atomic mass is 10.3. The van der Waals surface area contributed by atoms with E-state index in [1.165, 1.54) is 4.90 Å². The first kappa shape index (κ1) is 15.3. The molecule has 0 radical (unpaired) electrons. The average molecular weight is 323 g/mol. The van der Waals surface area contributed by atoms with E-state index >= 15 is 0 Å². The largest absolute Gasteiger partial charge is 0.378 e. The standard InChI is InChI=1S/C15H15ClN2S2/c16-12-6-8-14(9-7-12)19-10-11-20-15(17)18-13-4-2-1-3-5-13/h1-9H,10-11H2,(H2,17,18). The number of rotatable bonds is 5. The van der Waals surface area contributed by atoms with E-state index in [-0.39, 0.29) is 0 Å². The molecule has 0 heterocycles. The van der Waals surface area contributed by atoms with Gasteiger partial charge in [0, 0.05) is 21.4 Å².